The van der Waals surface area contributed by atoms with Gasteiger partial charge in [-0.05, 0) is 96.3 Å². The van der Waals surface area contributed by atoms with E-state index in [0.29, 0.717) is 19.4 Å². The molecule has 0 aromatic carbocycles. The van der Waals surface area contributed by atoms with Crippen molar-refractivity contribution in [1.82, 2.24) is 5.32 Å². The van der Waals surface area contributed by atoms with Crippen LogP contribution in [0.15, 0.2) is 60.8 Å². The Hall–Kier alpha value is -2.44. The molecular formula is C77H143NO5. The highest BCUT2D eigenvalue weighted by atomic mass is 16.5. The first-order valence-electron chi connectivity index (χ1n) is 37.1. The lowest BCUT2D eigenvalue weighted by molar-refractivity contribution is -0.143. The van der Waals surface area contributed by atoms with Gasteiger partial charge >= 0.3 is 5.97 Å². The monoisotopic (exact) mass is 1160 g/mol. The first-order chi connectivity index (χ1) is 41.0. The molecule has 0 saturated heterocycles. The number of aliphatic hydroxyl groups excluding tert-OH is 2. The zero-order chi connectivity index (χ0) is 59.9. The summed E-state index contributed by atoms with van der Waals surface area (Å²) < 4.78 is 5.49. The minimum absolute atomic E-state index is 0.00595. The van der Waals surface area contributed by atoms with E-state index >= 15 is 0 Å². The predicted molar refractivity (Wildman–Crippen MR) is 365 cm³/mol. The topological polar surface area (TPSA) is 95.9 Å². The average Bonchev–Trinajstić information content (AvgIpc) is 3.49. The van der Waals surface area contributed by atoms with Crippen LogP contribution in [0.1, 0.15) is 393 Å². The molecule has 0 spiro atoms. The minimum atomic E-state index is -0.842. The Labute approximate surface area is 518 Å². The van der Waals surface area contributed by atoms with Gasteiger partial charge in [0.25, 0.3) is 0 Å². The normalized spacial score (nSPS) is 12.9. The maximum absolute atomic E-state index is 12.5. The van der Waals surface area contributed by atoms with E-state index in [2.05, 4.69) is 67.8 Å². The molecular weight excluding hydrogens is 1020 g/mol. The Morgan fingerprint density at radius 1 is 0.337 bits per heavy atom. The smallest absolute Gasteiger partial charge is 0.305 e. The van der Waals surface area contributed by atoms with Crippen LogP contribution in [0.2, 0.25) is 0 Å². The zero-order valence-electron chi connectivity index (χ0n) is 55.7. The molecule has 0 rings (SSSR count). The summed E-state index contributed by atoms with van der Waals surface area (Å²) in [5, 5.41) is 23.1. The molecule has 6 heteroatoms. The molecule has 0 aliphatic heterocycles. The van der Waals surface area contributed by atoms with Crippen LogP contribution < -0.4 is 5.32 Å². The molecule has 83 heavy (non-hydrogen) atoms. The molecule has 0 aromatic rings. The van der Waals surface area contributed by atoms with Gasteiger partial charge in [0.1, 0.15) is 0 Å². The molecule has 0 aliphatic carbocycles. The number of carbonyl (C=O) groups is 2. The summed E-state index contributed by atoms with van der Waals surface area (Å²) in [6.07, 6.45) is 96.2. The largest absolute Gasteiger partial charge is 0.466 e. The van der Waals surface area contributed by atoms with Crippen LogP contribution in [-0.2, 0) is 14.3 Å². The summed E-state index contributed by atoms with van der Waals surface area (Å²) in [5.41, 5.74) is 0. The van der Waals surface area contributed by atoms with Crippen LogP contribution in [0.4, 0.5) is 0 Å². The number of allylic oxidation sites excluding steroid dienone is 9. The van der Waals surface area contributed by atoms with E-state index in [4.69, 9.17) is 4.74 Å². The first-order valence-corrected chi connectivity index (χ1v) is 37.1. The van der Waals surface area contributed by atoms with Crippen molar-refractivity contribution < 1.29 is 24.5 Å². The van der Waals surface area contributed by atoms with Gasteiger partial charge in [-0.15, -0.1) is 0 Å². The summed E-state index contributed by atoms with van der Waals surface area (Å²) in [7, 11) is 0. The molecule has 6 nitrogen and oxygen atoms in total. The second-order valence-corrected chi connectivity index (χ2v) is 25.3. The fraction of sp³-hybridized carbons (Fsp3) is 0.844. The molecule has 2 unspecified atom stereocenters. The quantitative estimate of drug-likeness (QED) is 0.0320. The van der Waals surface area contributed by atoms with Crippen LogP contribution in [0.3, 0.4) is 0 Å². The van der Waals surface area contributed by atoms with Crippen molar-refractivity contribution in [2.24, 2.45) is 0 Å². The number of rotatable bonds is 69. The fourth-order valence-corrected chi connectivity index (χ4v) is 11.3. The lowest BCUT2D eigenvalue weighted by atomic mass is 10.0. The molecule has 0 radical (unpaired) electrons. The standard InChI is InChI=1S/C77H143NO5/c1-3-5-7-9-11-13-15-17-43-47-51-55-59-63-67-71-77(82)83-72-68-64-60-56-52-48-45-42-40-38-36-34-32-30-28-26-24-22-20-18-19-21-23-25-27-29-31-33-35-37-39-41-44-46-50-54-58-62-66-70-76(81)78-74(73-79)75(80)69-65-61-57-53-49-16-14-12-10-8-6-4-2/h11,13,17-19,22,24,43,65,69,74-75,79-80H,3-10,12,14-16,20-21,23,25-42,44-64,66-68,70-73H2,1-2H3,(H,78,81)/b13-11-,19-18-,24-22-,43-17-,69-65+. The number of nitrogens with one attached hydrogen (secondary N) is 1. The van der Waals surface area contributed by atoms with Gasteiger partial charge in [0.15, 0.2) is 0 Å². The fourth-order valence-electron chi connectivity index (χ4n) is 11.3. The molecule has 1 amide bonds. The van der Waals surface area contributed by atoms with E-state index in [1.807, 2.05) is 6.08 Å². The van der Waals surface area contributed by atoms with E-state index in [0.717, 1.165) is 57.8 Å². The van der Waals surface area contributed by atoms with Crippen molar-refractivity contribution in [1.29, 1.82) is 0 Å². The number of carbonyl (C=O) groups excluding carboxylic acids is 2. The highest BCUT2D eigenvalue weighted by molar-refractivity contribution is 5.76. The number of amides is 1. The second-order valence-electron chi connectivity index (χ2n) is 25.3. The van der Waals surface area contributed by atoms with Crippen LogP contribution in [0.5, 0.6) is 0 Å². The summed E-state index contributed by atoms with van der Waals surface area (Å²) in [6, 6.07) is -0.625. The highest BCUT2D eigenvalue weighted by Gasteiger charge is 2.18. The van der Waals surface area contributed by atoms with E-state index < -0.39 is 12.1 Å². The second kappa shape index (κ2) is 72.0. The van der Waals surface area contributed by atoms with Crippen molar-refractivity contribution in [3.63, 3.8) is 0 Å². The van der Waals surface area contributed by atoms with Crippen molar-refractivity contribution in [2.45, 2.75) is 405 Å². The van der Waals surface area contributed by atoms with Gasteiger partial charge in [-0.1, -0.05) is 344 Å². The molecule has 0 bridgehead atoms. The van der Waals surface area contributed by atoms with Gasteiger partial charge in [0.2, 0.25) is 5.91 Å². The summed E-state index contributed by atoms with van der Waals surface area (Å²) in [6.45, 7) is 4.88. The van der Waals surface area contributed by atoms with Crippen LogP contribution >= 0.6 is 0 Å². The maximum Gasteiger partial charge on any atom is 0.305 e. The molecule has 2 atom stereocenters. The van der Waals surface area contributed by atoms with E-state index in [1.165, 1.54) is 308 Å². The molecule has 0 heterocycles. The Bertz CT molecular complexity index is 1430. The molecule has 3 N–H and O–H groups in total. The first kappa shape index (κ1) is 80.6. The number of ether oxygens (including phenoxy) is 1. The number of hydrogen-bond donors (Lipinski definition) is 3. The Balaban J connectivity index is 3.36. The van der Waals surface area contributed by atoms with E-state index in [9.17, 15) is 19.8 Å². The van der Waals surface area contributed by atoms with Gasteiger partial charge < -0.3 is 20.3 Å². The van der Waals surface area contributed by atoms with Crippen LogP contribution in [-0.4, -0.2) is 47.4 Å². The van der Waals surface area contributed by atoms with E-state index in [1.54, 1.807) is 6.08 Å². The summed E-state index contributed by atoms with van der Waals surface area (Å²) >= 11 is 0. The SMILES string of the molecule is CCCCC/C=C\C/C=C\CCCCCCCC(=O)OCCCCCCCCCCCCCCCCC/C=C\C/C=C\CCCCCCCCCCCCCCCCCCCC(=O)NC(CO)C(O)/C=C/CCCCCCCCCCCC. The van der Waals surface area contributed by atoms with Crippen molar-refractivity contribution >= 4 is 11.9 Å². The third-order valence-corrected chi connectivity index (χ3v) is 17.0. The van der Waals surface area contributed by atoms with Crippen LogP contribution in [0, 0.1) is 0 Å². The number of aliphatic hydroxyl groups is 2. The summed E-state index contributed by atoms with van der Waals surface area (Å²) in [4.78, 5) is 24.5. The van der Waals surface area contributed by atoms with Gasteiger partial charge in [-0.3, -0.25) is 9.59 Å². The van der Waals surface area contributed by atoms with Gasteiger partial charge in [-0.2, -0.15) is 0 Å². The summed E-state index contributed by atoms with van der Waals surface area (Å²) in [5.74, 6) is -0.0587. The van der Waals surface area contributed by atoms with Crippen molar-refractivity contribution in [2.75, 3.05) is 13.2 Å². The minimum Gasteiger partial charge on any atom is -0.466 e. The Kier molecular flexibility index (Phi) is 69.9. The zero-order valence-corrected chi connectivity index (χ0v) is 55.7. The Morgan fingerprint density at radius 2 is 0.602 bits per heavy atom. The number of unbranched alkanes of at least 4 members (excludes halogenated alkanes) is 50. The van der Waals surface area contributed by atoms with Crippen LogP contribution in [0.25, 0.3) is 0 Å². The third-order valence-electron chi connectivity index (χ3n) is 17.0. The van der Waals surface area contributed by atoms with Crippen molar-refractivity contribution in [3.05, 3.63) is 60.8 Å². The van der Waals surface area contributed by atoms with Gasteiger partial charge in [0, 0.05) is 12.8 Å². The van der Waals surface area contributed by atoms with E-state index in [-0.39, 0.29) is 18.5 Å². The highest BCUT2D eigenvalue weighted by Crippen LogP contribution is 2.18. The lowest BCUT2D eigenvalue weighted by Gasteiger charge is -2.20. The predicted octanol–water partition coefficient (Wildman–Crippen LogP) is 24.2. The van der Waals surface area contributed by atoms with Crippen molar-refractivity contribution in [3.8, 4) is 0 Å². The maximum atomic E-state index is 12.5. The Morgan fingerprint density at radius 3 is 0.940 bits per heavy atom. The number of hydrogen-bond acceptors (Lipinski definition) is 5. The molecule has 486 valence electrons. The molecule has 0 aliphatic rings. The molecule has 0 saturated carbocycles. The molecule has 0 fully saturated rings. The lowest BCUT2D eigenvalue weighted by Crippen LogP contribution is -2.45. The van der Waals surface area contributed by atoms with Gasteiger partial charge in [0.05, 0.1) is 25.4 Å². The average molecular weight is 1160 g/mol. The van der Waals surface area contributed by atoms with Gasteiger partial charge in [-0.25, -0.2) is 0 Å². The number of esters is 1. The molecule has 0 aromatic heterocycles. The third kappa shape index (κ3) is 68.5.